The second-order valence-electron chi connectivity index (χ2n) is 5.68. The van der Waals surface area contributed by atoms with Crippen molar-refractivity contribution in [3.05, 3.63) is 0 Å². The first-order chi connectivity index (χ1) is 10.1. The summed E-state index contributed by atoms with van der Waals surface area (Å²) in [4.78, 5) is 39.1. The molecule has 0 bridgehead atoms. The van der Waals surface area contributed by atoms with Crippen LogP contribution in [-0.2, 0) is 14.4 Å². The minimum absolute atomic E-state index is 0.0322. The van der Waals surface area contributed by atoms with E-state index in [9.17, 15) is 14.4 Å². The number of hydrogen-bond donors (Lipinski definition) is 2. The number of hydrogen-bond acceptors (Lipinski definition) is 4. The van der Waals surface area contributed by atoms with Crippen molar-refractivity contribution in [2.45, 2.75) is 25.7 Å². The summed E-state index contributed by atoms with van der Waals surface area (Å²) in [5.74, 6) is -0.196. The summed E-state index contributed by atoms with van der Waals surface area (Å²) >= 11 is 0. The van der Waals surface area contributed by atoms with Crippen molar-refractivity contribution >= 4 is 17.7 Å². The van der Waals surface area contributed by atoms with E-state index in [-0.39, 0.29) is 30.2 Å². The molecule has 7 nitrogen and oxygen atoms in total. The van der Waals surface area contributed by atoms with Crippen LogP contribution in [0.25, 0.3) is 0 Å². The number of carbonyl (C=O) groups excluding carboxylic acids is 3. The first-order valence-corrected chi connectivity index (χ1v) is 7.65. The summed E-state index contributed by atoms with van der Waals surface area (Å²) in [5, 5.41) is 2.78. The molecule has 2 aliphatic heterocycles. The summed E-state index contributed by atoms with van der Waals surface area (Å²) in [6.45, 7) is 2.80. The molecule has 2 aliphatic rings. The van der Waals surface area contributed by atoms with E-state index in [1.54, 1.807) is 9.80 Å². The van der Waals surface area contributed by atoms with Gasteiger partial charge in [0.15, 0.2) is 0 Å². The van der Waals surface area contributed by atoms with E-state index < -0.39 is 0 Å². The van der Waals surface area contributed by atoms with E-state index in [0.717, 1.165) is 19.3 Å². The monoisotopic (exact) mass is 296 g/mol. The van der Waals surface area contributed by atoms with Gasteiger partial charge in [-0.3, -0.25) is 14.4 Å². The van der Waals surface area contributed by atoms with Crippen LogP contribution in [0.15, 0.2) is 0 Å². The van der Waals surface area contributed by atoms with Crippen molar-refractivity contribution < 1.29 is 14.4 Å². The van der Waals surface area contributed by atoms with Crippen LogP contribution in [0.4, 0.5) is 0 Å². The topological polar surface area (TPSA) is 95.7 Å². The predicted octanol–water partition coefficient (Wildman–Crippen LogP) is -1.08. The van der Waals surface area contributed by atoms with Gasteiger partial charge in [-0.25, -0.2) is 0 Å². The zero-order valence-corrected chi connectivity index (χ0v) is 12.3. The maximum atomic E-state index is 12.3. The molecular formula is C14H24N4O3. The Hall–Kier alpha value is -1.63. The van der Waals surface area contributed by atoms with Gasteiger partial charge >= 0.3 is 0 Å². The molecule has 1 unspecified atom stereocenters. The molecule has 2 rings (SSSR count). The zero-order chi connectivity index (χ0) is 15.2. The summed E-state index contributed by atoms with van der Waals surface area (Å²) in [5.41, 5.74) is 5.37. The minimum atomic E-state index is -0.163. The van der Waals surface area contributed by atoms with E-state index in [0.29, 0.717) is 39.1 Å². The summed E-state index contributed by atoms with van der Waals surface area (Å²) < 4.78 is 0. The number of likely N-dealkylation sites (tertiary alicyclic amines) is 2. The average Bonchev–Trinajstić information content (AvgIpc) is 2.90. The Labute approximate surface area is 124 Å². The van der Waals surface area contributed by atoms with Gasteiger partial charge in [-0.15, -0.1) is 0 Å². The second kappa shape index (κ2) is 7.40. The van der Waals surface area contributed by atoms with Crippen molar-refractivity contribution in [2.24, 2.45) is 11.7 Å². The van der Waals surface area contributed by atoms with Gasteiger partial charge in [0.05, 0.1) is 12.5 Å². The Kier molecular flexibility index (Phi) is 5.55. The van der Waals surface area contributed by atoms with Crippen LogP contribution in [0.1, 0.15) is 25.7 Å². The second-order valence-corrected chi connectivity index (χ2v) is 5.68. The summed E-state index contributed by atoms with van der Waals surface area (Å²) in [6, 6.07) is 0. The Bertz CT molecular complexity index is 413. The third-order valence-electron chi connectivity index (χ3n) is 4.09. The van der Waals surface area contributed by atoms with E-state index >= 15 is 0 Å². The molecule has 7 heteroatoms. The normalized spacial score (nSPS) is 22.5. The molecule has 0 aromatic carbocycles. The fourth-order valence-electron chi connectivity index (χ4n) is 2.89. The van der Waals surface area contributed by atoms with Crippen molar-refractivity contribution in [1.29, 1.82) is 0 Å². The standard InChI is InChI=1S/C14H24N4O3/c15-5-6-16-14(21)11-3-1-7-17(9-11)13(20)10-18-8-2-4-12(18)19/h11H,1-10,15H2,(H,16,21). The van der Waals surface area contributed by atoms with Crippen LogP contribution < -0.4 is 11.1 Å². The third kappa shape index (κ3) is 4.17. The van der Waals surface area contributed by atoms with Gasteiger partial charge in [0.2, 0.25) is 17.7 Å². The molecule has 118 valence electrons. The number of rotatable bonds is 5. The van der Waals surface area contributed by atoms with Gasteiger partial charge in [0.25, 0.3) is 0 Å². The van der Waals surface area contributed by atoms with Crippen molar-refractivity contribution in [2.75, 3.05) is 39.3 Å². The molecule has 2 fully saturated rings. The van der Waals surface area contributed by atoms with Crippen LogP contribution >= 0.6 is 0 Å². The largest absolute Gasteiger partial charge is 0.355 e. The number of amides is 3. The highest BCUT2D eigenvalue weighted by Gasteiger charge is 2.30. The van der Waals surface area contributed by atoms with E-state index in [2.05, 4.69) is 5.32 Å². The number of piperidine rings is 1. The van der Waals surface area contributed by atoms with Crippen molar-refractivity contribution in [3.63, 3.8) is 0 Å². The van der Waals surface area contributed by atoms with Crippen LogP contribution in [0.3, 0.4) is 0 Å². The molecule has 0 radical (unpaired) electrons. The molecule has 21 heavy (non-hydrogen) atoms. The maximum absolute atomic E-state index is 12.3. The highest BCUT2D eigenvalue weighted by Crippen LogP contribution is 2.18. The Balaban J connectivity index is 1.83. The van der Waals surface area contributed by atoms with Crippen LogP contribution in [0.2, 0.25) is 0 Å². The summed E-state index contributed by atoms with van der Waals surface area (Å²) in [7, 11) is 0. The number of nitrogens with zero attached hydrogens (tertiary/aromatic N) is 2. The molecule has 2 heterocycles. The zero-order valence-electron chi connectivity index (χ0n) is 12.3. The van der Waals surface area contributed by atoms with Crippen molar-refractivity contribution in [3.8, 4) is 0 Å². The molecule has 0 spiro atoms. The summed E-state index contributed by atoms with van der Waals surface area (Å²) in [6.07, 6.45) is 2.98. The van der Waals surface area contributed by atoms with Gasteiger partial charge < -0.3 is 20.9 Å². The molecule has 1 atom stereocenters. The van der Waals surface area contributed by atoms with Crippen LogP contribution in [-0.4, -0.2) is 66.8 Å². The quantitative estimate of drug-likeness (QED) is 0.675. The minimum Gasteiger partial charge on any atom is -0.355 e. The van der Waals surface area contributed by atoms with Crippen LogP contribution in [0.5, 0.6) is 0 Å². The lowest BCUT2D eigenvalue weighted by molar-refractivity contribution is -0.141. The fourth-order valence-corrected chi connectivity index (χ4v) is 2.89. The first kappa shape index (κ1) is 15.8. The number of nitrogens with two attached hydrogens (primary N) is 1. The molecule has 0 aromatic rings. The average molecular weight is 296 g/mol. The SMILES string of the molecule is NCCNC(=O)C1CCCN(C(=O)CN2CCCC2=O)C1. The Morgan fingerprint density at radius 2 is 2.10 bits per heavy atom. The molecule has 0 aromatic heterocycles. The van der Waals surface area contributed by atoms with Gasteiger partial charge in [-0.1, -0.05) is 0 Å². The lowest BCUT2D eigenvalue weighted by Crippen LogP contribution is -2.49. The van der Waals surface area contributed by atoms with Crippen LogP contribution in [0, 0.1) is 5.92 Å². The first-order valence-electron chi connectivity index (χ1n) is 7.65. The van der Waals surface area contributed by atoms with Gasteiger partial charge in [-0.05, 0) is 19.3 Å². The molecular weight excluding hydrogens is 272 g/mol. The van der Waals surface area contributed by atoms with E-state index in [1.165, 1.54) is 0 Å². The lowest BCUT2D eigenvalue weighted by atomic mass is 9.97. The lowest BCUT2D eigenvalue weighted by Gasteiger charge is -2.33. The van der Waals surface area contributed by atoms with E-state index in [4.69, 9.17) is 5.73 Å². The smallest absolute Gasteiger partial charge is 0.242 e. The predicted molar refractivity (Wildman–Crippen MR) is 77.2 cm³/mol. The molecule has 2 saturated heterocycles. The molecule has 3 amide bonds. The van der Waals surface area contributed by atoms with Crippen molar-refractivity contribution in [1.82, 2.24) is 15.1 Å². The van der Waals surface area contributed by atoms with Gasteiger partial charge in [0, 0.05) is 39.1 Å². The Morgan fingerprint density at radius 1 is 1.29 bits per heavy atom. The number of nitrogens with one attached hydrogen (secondary N) is 1. The number of carbonyl (C=O) groups is 3. The highest BCUT2D eigenvalue weighted by atomic mass is 16.2. The Morgan fingerprint density at radius 3 is 2.76 bits per heavy atom. The molecule has 3 N–H and O–H groups in total. The maximum Gasteiger partial charge on any atom is 0.242 e. The third-order valence-corrected chi connectivity index (χ3v) is 4.09. The van der Waals surface area contributed by atoms with E-state index in [1.807, 2.05) is 0 Å². The van der Waals surface area contributed by atoms with Gasteiger partial charge in [0.1, 0.15) is 0 Å². The molecule has 0 saturated carbocycles. The van der Waals surface area contributed by atoms with Gasteiger partial charge in [-0.2, -0.15) is 0 Å². The molecule has 0 aliphatic carbocycles. The fraction of sp³-hybridized carbons (Fsp3) is 0.786. The highest BCUT2D eigenvalue weighted by molar-refractivity contribution is 5.86.